The second-order valence-corrected chi connectivity index (χ2v) is 3.52. The van der Waals surface area contributed by atoms with Gasteiger partial charge in [0, 0.05) is 6.92 Å². The first kappa shape index (κ1) is 10.6. The van der Waals surface area contributed by atoms with Gasteiger partial charge in [-0.15, -0.1) is 0 Å². The molecule has 2 N–H and O–H groups in total. The fourth-order valence-corrected chi connectivity index (χ4v) is 1.39. The summed E-state index contributed by atoms with van der Waals surface area (Å²) in [5.41, 5.74) is 3.54. The van der Waals surface area contributed by atoms with Gasteiger partial charge in [0.2, 0.25) is 5.91 Å². The fraction of sp³-hybridized carbons (Fsp3) is 0.364. The van der Waals surface area contributed by atoms with Gasteiger partial charge in [-0.2, -0.15) is 0 Å². The lowest BCUT2D eigenvalue weighted by atomic mass is 10.0. The second kappa shape index (κ2) is 3.70. The molecule has 14 heavy (non-hydrogen) atoms. The van der Waals surface area contributed by atoms with Gasteiger partial charge in [0.1, 0.15) is 5.75 Å². The zero-order chi connectivity index (χ0) is 10.9. The first-order chi connectivity index (χ1) is 6.43. The van der Waals surface area contributed by atoms with Gasteiger partial charge in [0.05, 0.1) is 5.69 Å². The highest BCUT2D eigenvalue weighted by Gasteiger charge is 2.10. The molecule has 3 nitrogen and oxygen atoms in total. The third kappa shape index (κ3) is 1.87. The van der Waals surface area contributed by atoms with Crippen LogP contribution in [0.25, 0.3) is 0 Å². The molecule has 0 bridgehead atoms. The topological polar surface area (TPSA) is 49.3 Å². The molecule has 0 atom stereocenters. The number of aromatic hydroxyl groups is 1. The molecule has 1 amide bonds. The molecule has 0 radical (unpaired) electrons. The number of anilines is 1. The quantitative estimate of drug-likeness (QED) is 0.672. The van der Waals surface area contributed by atoms with Crippen LogP contribution >= 0.6 is 0 Å². The Bertz CT molecular complexity index is 383. The van der Waals surface area contributed by atoms with Crippen molar-refractivity contribution in [3.05, 3.63) is 22.8 Å². The lowest BCUT2D eigenvalue weighted by Gasteiger charge is -2.13. The SMILES string of the molecule is CC(=O)Nc1c(O)cc(C)c(C)c1C. The van der Waals surface area contributed by atoms with Crippen LogP contribution in [0.3, 0.4) is 0 Å². The summed E-state index contributed by atoms with van der Waals surface area (Å²) >= 11 is 0. The van der Waals surface area contributed by atoms with Crippen molar-refractivity contribution in [2.45, 2.75) is 27.7 Å². The Hall–Kier alpha value is -1.51. The van der Waals surface area contributed by atoms with Crippen LogP contribution in [0, 0.1) is 20.8 Å². The number of aryl methyl sites for hydroxylation is 1. The Labute approximate surface area is 83.8 Å². The van der Waals surface area contributed by atoms with Gasteiger partial charge in [-0.3, -0.25) is 4.79 Å². The normalized spacial score (nSPS) is 10.0. The third-order valence-electron chi connectivity index (χ3n) is 2.44. The molecule has 0 saturated carbocycles. The summed E-state index contributed by atoms with van der Waals surface area (Å²) in [6, 6.07) is 1.66. The Balaban J connectivity index is 3.29. The van der Waals surface area contributed by atoms with E-state index in [9.17, 15) is 9.90 Å². The van der Waals surface area contributed by atoms with E-state index in [-0.39, 0.29) is 11.7 Å². The number of phenolic OH excluding ortho intramolecular Hbond substituents is 1. The molecule has 0 fully saturated rings. The van der Waals surface area contributed by atoms with Gasteiger partial charge < -0.3 is 10.4 Å². The van der Waals surface area contributed by atoms with E-state index < -0.39 is 0 Å². The summed E-state index contributed by atoms with van der Waals surface area (Å²) in [7, 11) is 0. The predicted molar refractivity (Wildman–Crippen MR) is 56.6 cm³/mol. The minimum atomic E-state index is -0.174. The van der Waals surface area contributed by atoms with E-state index in [1.165, 1.54) is 6.92 Å². The summed E-state index contributed by atoms with van der Waals surface area (Å²) in [6.07, 6.45) is 0. The highest BCUT2D eigenvalue weighted by molar-refractivity contribution is 5.91. The Kier molecular flexibility index (Phi) is 2.79. The molecule has 0 aliphatic rings. The van der Waals surface area contributed by atoms with Gasteiger partial charge in [0.25, 0.3) is 0 Å². The van der Waals surface area contributed by atoms with Crippen LogP contribution in [0.4, 0.5) is 5.69 Å². The van der Waals surface area contributed by atoms with Crippen molar-refractivity contribution in [2.24, 2.45) is 0 Å². The Morgan fingerprint density at radius 1 is 1.29 bits per heavy atom. The number of nitrogens with one attached hydrogen (secondary N) is 1. The number of hydrogen-bond acceptors (Lipinski definition) is 2. The number of benzene rings is 1. The highest BCUT2D eigenvalue weighted by Crippen LogP contribution is 2.31. The van der Waals surface area contributed by atoms with Crippen molar-refractivity contribution in [2.75, 3.05) is 5.32 Å². The van der Waals surface area contributed by atoms with E-state index in [1.807, 2.05) is 20.8 Å². The smallest absolute Gasteiger partial charge is 0.221 e. The van der Waals surface area contributed by atoms with Crippen LogP contribution in [-0.4, -0.2) is 11.0 Å². The Morgan fingerprint density at radius 3 is 2.36 bits per heavy atom. The summed E-state index contributed by atoms with van der Waals surface area (Å²) in [4.78, 5) is 10.9. The van der Waals surface area contributed by atoms with Gasteiger partial charge in [-0.1, -0.05) is 0 Å². The number of carbonyl (C=O) groups excluding carboxylic acids is 1. The average molecular weight is 193 g/mol. The van der Waals surface area contributed by atoms with Gasteiger partial charge in [0.15, 0.2) is 0 Å². The number of rotatable bonds is 1. The molecule has 1 rings (SSSR count). The highest BCUT2D eigenvalue weighted by atomic mass is 16.3. The summed E-state index contributed by atoms with van der Waals surface area (Å²) < 4.78 is 0. The zero-order valence-electron chi connectivity index (χ0n) is 8.93. The van der Waals surface area contributed by atoms with Crippen molar-refractivity contribution in [3.63, 3.8) is 0 Å². The maximum atomic E-state index is 10.9. The van der Waals surface area contributed by atoms with Crippen LogP contribution in [0.1, 0.15) is 23.6 Å². The van der Waals surface area contributed by atoms with Crippen molar-refractivity contribution < 1.29 is 9.90 Å². The van der Waals surface area contributed by atoms with Gasteiger partial charge in [-0.25, -0.2) is 0 Å². The summed E-state index contributed by atoms with van der Waals surface area (Å²) in [6.45, 7) is 7.20. The van der Waals surface area contributed by atoms with Crippen molar-refractivity contribution in [3.8, 4) is 5.75 Å². The molecule has 0 unspecified atom stereocenters. The van der Waals surface area contributed by atoms with E-state index in [0.717, 1.165) is 16.7 Å². The van der Waals surface area contributed by atoms with Gasteiger partial charge in [-0.05, 0) is 43.5 Å². The fourth-order valence-electron chi connectivity index (χ4n) is 1.39. The van der Waals surface area contributed by atoms with E-state index in [4.69, 9.17) is 0 Å². The van der Waals surface area contributed by atoms with E-state index in [0.29, 0.717) is 5.69 Å². The van der Waals surface area contributed by atoms with Crippen molar-refractivity contribution in [1.82, 2.24) is 0 Å². The first-order valence-corrected chi connectivity index (χ1v) is 4.51. The molecule has 0 heterocycles. The minimum absolute atomic E-state index is 0.126. The molecule has 0 aliphatic carbocycles. The third-order valence-corrected chi connectivity index (χ3v) is 2.44. The molecule has 0 aliphatic heterocycles. The lowest BCUT2D eigenvalue weighted by Crippen LogP contribution is -2.08. The van der Waals surface area contributed by atoms with Gasteiger partial charge >= 0.3 is 0 Å². The molecule has 1 aromatic carbocycles. The maximum Gasteiger partial charge on any atom is 0.221 e. The minimum Gasteiger partial charge on any atom is -0.506 e. The molecule has 3 heteroatoms. The summed E-state index contributed by atoms with van der Waals surface area (Å²) in [5, 5.41) is 12.3. The number of hydrogen-bond donors (Lipinski definition) is 2. The molecule has 76 valence electrons. The molecule has 1 aromatic rings. The van der Waals surface area contributed by atoms with E-state index in [2.05, 4.69) is 5.32 Å². The second-order valence-electron chi connectivity index (χ2n) is 3.52. The average Bonchev–Trinajstić information content (AvgIpc) is 2.09. The van der Waals surface area contributed by atoms with Crippen LogP contribution in [0.2, 0.25) is 0 Å². The maximum absolute atomic E-state index is 10.9. The van der Waals surface area contributed by atoms with Crippen LogP contribution < -0.4 is 5.32 Å². The molecule has 0 spiro atoms. The predicted octanol–water partition coefficient (Wildman–Crippen LogP) is 2.28. The number of amides is 1. The Morgan fingerprint density at radius 2 is 1.86 bits per heavy atom. The largest absolute Gasteiger partial charge is 0.506 e. The van der Waals surface area contributed by atoms with Crippen LogP contribution in [-0.2, 0) is 4.79 Å². The first-order valence-electron chi connectivity index (χ1n) is 4.51. The monoisotopic (exact) mass is 193 g/mol. The van der Waals surface area contributed by atoms with E-state index >= 15 is 0 Å². The van der Waals surface area contributed by atoms with Crippen molar-refractivity contribution in [1.29, 1.82) is 0 Å². The lowest BCUT2D eigenvalue weighted by molar-refractivity contribution is -0.114. The van der Waals surface area contributed by atoms with Crippen LogP contribution in [0.5, 0.6) is 5.75 Å². The number of carbonyl (C=O) groups is 1. The number of phenols is 1. The van der Waals surface area contributed by atoms with E-state index in [1.54, 1.807) is 6.07 Å². The standard InChI is InChI=1S/C11H15NO2/c1-6-5-10(14)11(12-9(4)13)8(3)7(6)2/h5,14H,1-4H3,(H,12,13). The molecular formula is C11H15NO2. The molecule has 0 aromatic heterocycles. The summed E-state index contributed by atoms with van der Waals surface area (Å²) in [5.74, 6) is -0.0487. The molecular weight excluding hydrogens is 178 g/mol. The molecule has 0 saturated heterocycles. The van der Waals surface area contributed by atoms with Crippen molar-refractivity contribution >= 4 is 11.6 Å². The van der Waals surface area contributed by atoms with Crippen LogP contribution in [0.15, 0.2) is 6.07 Å². The zero-order valence-corrected chi connectivity index (χ0v) is 8.93.